The molecule has 2 fully saturated rings. The number of amides is 3. The van der Waals surface area contributed by atoms with Gasteiger partial charge < -0.3 is 30.6 Å². The van der Waals surface area contributed by atoms with E-state index in [-0.39, 0.29) is 29.3 Å². The first-order chi connectivity index (χ1) is 24.8. The Balaban J connectivity index is 1.10. The number of thioether (sulfide) groups is 1. The number of fused-ring (bicyclic) bond motifs is 1. The van der Waals surface area contributed by atoms with Crippen molar-refractivity contribution in [2.75, 3.05) is 30.8 Å². The topological polar surface area (TPSA) is 174 Å². The Morgan fingerprint density at radius 3 is 2.04 bits per heavy atom. The zero-order valence-corrected chi connectivity index (χ0v) is 28.6. The van der Waals surface area contributed by atoms with Gasteiger partial charge in [0.25, 0.3) is 11.8 Å². The Bertz CT molecular complexity index is 1920. The molecule has 7 rings (SSSR count). The minimum atomic E-state index is -1.34. The van der Waals surface area contributed by atoms with Crippen molar-refractivity contribution >= 4 is 57.8 Å². The highest BCUT2D eigenvalue weighted by molar-refractivity contribution is 8.00. The highest BCUT2D eigenvalue weighted by atomic mass is 32.2. The normalized spacial score (nSPS) is 18.7. The molecule has 0 unspecified atom stereocenters. The van der Waals surface area contributed by atoms with Crippen LogP contribution in [0.25, 0.3) is 0 Å². The van der Waals surface area contributed by atoms with Crippen LogP contribution in [0, 0.1) is 0 Å². The van der Waals surface area contributed by atoms with Crippen LogP contribution in [-0.4, -0.2) is 91.6 Å². The second kappa shape index (κ2) is 14.3. The number of benzene rings is 3. The number of rotatable bonds is 11. The van der Waals surface area contributed by atoms with Gasteiger partial charge in [-0.1, -0.05) is 96.2 Å². The van der Waals surface area contributed by atoms with Crippen LogP contribution in [0.5, 0.6) is 0 Å². The highest BCUT2D eigenvalue weighted by Gasteiger charge is 2.54. The number of likely N-dealkylation sites (tertiary alicyclic amines) is 1. The number of nitrogens with zero attached hydrogens (tertiary/aromatic N) is 4. The lowest BCUT2D eigenvalue weighted by atomic mass is 9.77. The summed E-state index contributed by atoms with van der Waals surface area (Å²) in [6.45, 7) is 0.902. The predicted molar refractivity (Wildman–Crippen MR) is 190 cm³/mol. The number of carboxylic acids is 1. The first-order valence-corrected chi connectivity index (χ1v) is 18.0. The highest BCUT2D eigenvalue weighted by Crippen LogP contribution is 2.42. The number of oxime groups is 1. The van der Waals surface area contributed by atoms with Crippen molar-refractivity contribution < 1.29 is 34.2 Å². The number of hydrogen-bond acceptors (Lipinski definition) is 11. The molecule has 260 valence electrons. The summed E-state index contributed by atoms with van der Waals surface area (Å²) in [5.74, 6) is -2.68. The van der Waals surface area contributed by atoms with Crippen molar-refractivity contribution in [2.24, 2.45) is 5.16 Å². The molecule has 51 heavy (non-hydrogen) atoms. The Kier molecular flexibility index (Phi) is 9.47. The summed E-state index contributed by atoms with van der Waals surface area (Å²) in [5, 5.41) is 30.7. The summed E-state index contributed by atoms with van der Waals surface area (Å²) in [4.78, 5) is 58.4. The molecule has 0 aliphatic carbocycles. The Morgan fingerprint density at radius 1 is 0.941 bits per heavy atom. The number of aromatic nitrogens is 1. The fourth-order valence-corrected chi connectivity index (χ4v) is 8.42. The van der Waals surface area contributed by atoms with E-state index < -0.39 is 46.5 Å². The van der Waals surface area contributed by atoms with E-state index in [4.69, 9.17) is 4.74 Å². The maximum Gasteiger partial charge on any atom is 0.410 e. The van der Waals surface area contributed by atoms with E-state index in [1.165, 1.54) is 28.0 Å². The van der Waals surface area contributed by atoms with E-state index in [2.05, 4.69) is 20.8 Å². The summed E-state index contributed by atoms with van der Waals surface area (Å²) in [6, 6.07) is 28.6. The maximum atomic E-state index is 13.5. The van der Waals surface area contributed by atoms with Gasteiger partial charge in [-0.3, -0.25) is 14.5 Å². The predicted octanol–water partition coefficient (Wildman–Crippen LogP) is 4.31. The summed E-state index contributed by atoms with van der Waals surface area (Å²) >= 11 is 2.45. The van der Waals surface area contributed by atoms with Crippen molar-refractivity contribution in [3.05, 3.63) is 130 Å². The Labute approximate surface area is 300 Å². The molecular formula is C36H32N6O7S2. The molecule has 4 aromatic rings. The molecule has 3 aliphatic heterocycles. The SMILES string of the molecule is O=C(O)C1=C(COC(=O)N2CCC2)CS[C@@H]2[C@H](NC(=O)/C(=N\O)c3csc(NC(c4ccccc4)(c4ccccc4)c4ccccc4)n3)C(=O)N12. The van der Waals surface area contributed by atoms with Gasteiger partial charge in [0.1, 0.15) is 35.0 Å². The van der Waals surface area contributed by atoms with E-state index in [1.54, 1.807) is 5.38 Å². The fraction of sp³-hybridized carbons (Fsp3) is 0.222. The average Bonchev–Trinajstić information content (AvgIpc) is 3.59. The van der Waals surface area contributed by atoms with Gasteiger partial charge in [-0.2, -0.15) is 0 Å². The number of β-lactam (4-membered cyclic amide) rings is 1. The first kappa shape index (κ1) is 33.8. The van der Waals surface area contributed by atoms with Gasteiger partial charge in [-0.25, -0.2) is 14.6 Å². The Morgan fingerprint density at radius 2 is 1.53 bits per heavy atom. The number of ether oxygens (including phenoxy) is 1. The maximum absolute atomic E-state index is 13.5. The van der Waals surface area contributed by atoms with Gasteiger partial charge >= 0.3 is 12.1 Å². The Hall–Kier alpha value is -5.67. The summed E-state index contributed by atoms with van der Waals surface area (Å²) in [5.41, 5.74) is 1.62. The van der Waals surface area contributed by atoms with Crippen LogP contribution in [0.15, 0.2) is 113 Å². The first-order valence-electron chi connectivity index (χ1n) is 16.1. The third kappa shape index (κ3) is 6.30. The quantitative estimate of drug-likeness (QED) is 0.0574. The van der Waals surface area contributed by atoms with E-state index in [0.29, 0.717) is 18.2 Å². The molecule has 0 saturated carbocycles. The molecule has 3 aliphatic rings. The van der Waals surface area contributed by atoms with Crippen LogP contribution in [0.1, 0.15) is 28.8 Å². The lowest BCUT2D eigenvalue weighted by Gasteiger charge is -2.49. The van der Waals surface area contributed by atoms with E-state index in [0.717, 1.165) is 28.0 Å². The molecule has 0 radical (unpaired) electrons. The molecule has 4 heterocycles. The molecule has 2 saturated heterocycles. The molecule has 2 atom stereocenters. The van der Waals surface area contributed by atoms with Gasteiger partial charge in [0.15, 0.2) is 10.8 Å². The monoisotopic (exact) mass is 724 g/mol. The molecule has 3 aromatic carbocycles. The van der Waals surface area contributed by atoms with Gasteiger partial charge in [0.2, 0.25) is 0 Å². The van der Waals surface area contributed by atoms with Crippen LogP contribution < -0.4 is 10.6 Å². The summed E-state index contributed by atoms with van der Waals surface area (Å²) in [7, 11) is 0. The van der Waals surface area contributed by atoms with Crippen molar-refractivity contribution in [3.8, 4) is 0 Å². The number of anilines is 1. The van der Waals surface area contributed by atoms with Gasteiger partial charge in [-0.15, -0.1) is 23.1 Å². The third-order valence-electron chi connectivity index (χ3n) is 9.00. The average molecular weight is 725 g/mol. The molecule has 15 heteroatoms. The van der Waals surface area contributed by atoms with Crippen molar-refractivity contribution in [1.29, 1.82) is 0 Å². The van der Waals surface area contributed by atoms with E-state index >= 15 is 0 Å². The number of carbonyl (C=O) groups is 4. The molecule has 1 aromatic heterocycles. The molecule has 4 N–H and O–H groups in total. The number of aliphatic carboxylic acids is 1. The van der Waals surface area contributed by atoms with E-state index in [9.17, 15) is 29.5 Å². The number of nitrogens with one attached hydrogen (secondary N) is 2. The summed E-state index contributed by atoms with van der Waals surface area (Å²) in [6.07, 6.45) is 0.346. The molecule has 0 spiro atoms. The number of hydrogen-bond donors (Lipinski definition) is 4. The van der Waals surface area contributed by atoms with Crippen molar-refractivity contribution in [1.82, 2.24) is 20.1 Å². The molecular weight excluding hydrogens is 693 g/mol. The molecule has 0 bridgehead atoms. The standard InChI is InChI=1S/C36H32N6O7S2/c43-30(38-28-31(44)42-29(33(45)46)22(20-50-32(28)42)19-49-35(47)41-17-10-18-41)27(40-48)26-21-51-34(37-26)39-36(23-11-4-1-5-12-23,24-13-6-2-7-14-24)25-15-8-3-9-16-25/h1-9,11-16,21,28,32,48H,10,17-20H2,(H,37,39)(H,38,43)(H,45,46)/b40-27-/t28-,32-/m1/s1. The number of carbonyl (C=O) groups excluding carboxylic acids is 3. The zero-order valence-electron chi connectivity index (χ0n) is 27.0. The second-order valence-electron chi connectivity index (χ2n) is 12.0. The minimum absolute atomic E-state index is 0.0722. The van der Waals surface area contributed by atoms with Gasteiger partial charge in [0.05, 0.1) is 0 Å². The number of thiazole rings is 1. The molecule has 3 amide bonds. The van der Waals surface area contributed by atoms with Crippen LogP contribution in [0.2, 0.25) is 0 Å². The third-order valence-corrected chi connectivity index (χ3v) is 11.1. The lowest BCUT2D eigenvalue weighted by molar-refractivity contribution is -0.150. The second-order valence-corrected chi connectivity index (χ2v) is 13.9. The van der Waals surface area contributed by atoms with Gasteiger partial charge in [-0.05, 0) is 23.1 Å². The summed E-state index contributed by atoms with van der Waals surface area (Å²) < 4.78 is 5.29. The van der Waals surface area contributed by atoms with Gasteiger partial charge in [0, 0.05) is 29.8 Å². The van der Waals surface area contributed by atoms with Crippen LogP contribution >= 0.6 is 23.1 Å². The molecule has 13 nitrogen and oxygen atoms in total. The van der Waals surface area contributed by atoms with Crippen LogP contribution in [0.4, 0.5) is 9.93 Å². The largest absolute Gasteiger partial charge is 0.477 e. The minimum Gasteiger partial charge on any atom is -0.477 e. The van der Waals surface area contributed by atoms with E-state index in [1.807, 2.05) is 91.0 Å². The van der Waals surface area contributed by atoms with Crippen molar-refractivity contribution in [3.63, 3.8) is 0 Å². The fourth-order valence-electron chi connectivity index (χ4n) is 6.34. The lowest BCUT2D eigenvalue weighted by Crippen LogP contribution is -2.71. The number of carboxylic acid groups (broad SMARTS) is 1. The van der Waals surface area contributed by atoms with Crippen LogP contribution in [-0.2, 0) is 24.7 Å². The smallest absolute Gasteiger partial charge is 0.410 e. The zero-order chi connectivity index (χ0) is 35.5. The van der Waals surface area contributed by atoms with Crippen LogP contribution in [0.3, 0.4) is 0 Å². The van der Waals surface area contributed by atoms with Crippen molar-refractivity contribution in [2.45, 2.75) is 23.4 Å².